The van der Waals surface area contributed by atoms with Crippen LogP contribution >= 0.6 is 11.6 Å². The highest BCUT2D eigenvalue weighted by Crippen LogP contribution is 2.28. The molecule has 9 heteroatoms. The maximum atomic E-state index is 13.8. The first kappa shape index (κ1) is 28.2. The first-order valence-corrected chi connectivity index (χ1v) is 13.8. The predicted octanol–water partition coefficient (Wildman–Crippen LogP) is 4.71. The van der Waals surface area contributed by atoms with Gasteiger partial charge in [0, 0.05) is 18.1 Å². The summed E-state index contributed by atoms with van der Waals surface area (Å²) in [6, 6.07) is 19.6. The second kappa shape index (κ2) is 12.3. The molecule has 1 unspecified atom stereocenters. The Morgan fingerprint density at radius 3 is 2.30 bits per heavy atom. The van der Waals surface area contributed by atoms with Crippen molar-refractivity contribution in [3.05, 3.63) is 94.5 Å². The van der Waals surface area contributed by atoms with Gasteiger partial charge in [0.1, 0.15) is 12.6 Å². The lowest BCUT2D eigenvalue weighted by Gasteiger charge is -2.32. The van der Waals surface area contributed by atoms with Gasteiger partial charge in [-0.2, -0.15) is 0 Å². The molecule has 37 heavy (non-hydrogen) atoms. The highest BCUT2D eigenvalue weighted by molar-refractivity contribution is 7.92. The lowest BCUT2D eigenvalue weighted by Crippen LogP contribution is -2.51. The molecule has 0 heterocycles. The Morgan fingerprint density at radius 2 is 1.68 bits per heavy atom. The summed E-state index contributed by atoms with van der Waals surface area (Å²) in [5.74, 6) is -0.837. The Labute approximate surface area is 224 Å². The average Bonchev–Trinajstić information content (AvgIpc) is 2.87. The number of benzene rings is 3. The zero-order chi connectivity index (χ0) is 27.2. The van der Waals surface area contributed by atoms with Crippen LogP contribution in [0.5, 0.6) is 0 Å². The van der Waals surface area contributed by atoms with Crippen molar-refractivity contribution in [2.75, 3.05) is 17.4 Å². The van der Waals surface area contributed by atoms with Gasteiger partial charge in [-0.3, -0.25) is 13.9 Å². The maximum Gasteiger partial charge on any atom is 0.264 e. The quantitative estimate of drug-likeness (QED) is 0.403. The van der Waals surface area contributed by atoms with Crippen molar-refractivity contribution < 1.29 is 18.0 Å². The normalized spacial score (nSPS) is 12.0. The SMILES string of the molecule is CCNC(=O)C(C)N(Cc1cccc(C)c1)C(=O)CN(c1ccc(C)c(Cl)c1)S(=O)(=O)c1ccccc1. The molecule has 3 aromatic carbocycles. The molecule has 0 spiro atoms. The smallest absolute Gasteiger partial charge is 0.264 e. The van der Waals surface area contributed by atoms with Gasteiger partial charge in [-0.05, 0) is 63.1 Å². The van der Waals surface area contributed by atoms with Gasteiger partial charge in [0.25, 0.3) is 10.0 Å². The molecule has 0 saturated carbocycles. The number of aryl methyl sites for hydroxylation is 2. The molecule has 0 aliphatic rings. The summed E-state index contributed by atoms with van der Waals surface area (Å²) in [6.07, 6.45) is 0. The van der Waals surface area contributed by atoms with Crippen LogP contribution in [0.15, 0.2) is 77.7 Å². The average molecular weight is 542 g/mol. The molecule has 7 nitrogen and oxygen atoms in total. The van der Waals surface area contributed by atoms with Crippen molar-refractivity contribution in [1.29, 1.82) is 0 Å². The third-order valence-electron chi connectivity index (χ3n) is 6.01. The topological polar surface area (TPSA) is 86.8 Å². The summed E-state index contributed by atoms with van der Waals surface area (Å²) in [7, 11) is -4.12. The van der Waals surface area contributed by atoms with E-state index < -0.39 is 28.5 Å². The summed E-state index contributed by atoms with van der Waals surface area (Å²) in [5.41, 5.74) is 2.88. The number of rotatable bonds is 10. The number of anilines is 1. The van der Waals surface area contributed by atoms with Gasteiger partial charge in [-0.1, -0.05) is 65.7 Å². The molecule has 1 atom stereocenters. The fourth-order valence-electron chi connectivity index (χ4n) is 3.90. The summed E-state index contributed by atoms with van der Waals surface area (Å²) >= 11 is 6.33. The van der Waals surface area contributed by atoms with Crippen molar-refractivity contribution >= 4 is 39.1 Å². The summed E-state index contributed by atoms with van der Waals surface area (Å²) in [4.78, 5) is 28.0. The Morgan fingerprint density at radius 1 is 0.973 bits per heavy atom. The zero-order valence-electron chi connectivity index (χ0n) is 21.4. The van der Waals surface area contributed by atoms with E-state index in [1.165, 1.54) is 23.1 Å². The fraction of sp³-hybridized carbons (Fsp3) is 0.286. The van der Waals surface area contributed by atoms with E-state index in [0.717, 1.165) is 21.0 Å². The third kappa shape index (κ3) is 6.90. The van der Waals surface area contributed by atoms with E-state index in [0.29, 0.717) is 11.6 Å². The number of hydrogen-bond acceptors (Lipinski definition) is 4. The molecule has 196 valence electrons. The Bertz CT molecular complexity index is 1360. The number of likely N-dealkylation sites (N-methyl/N-ethyl adjacent to an activating group) is 1. The lowest BCUT2D eigenvalue weighted by molar-refractivity contribution is -0.139. The maximum absolute atomic E-state index is 13.8. The van der Waals surface area contributed by atoms with Gasteiger partial charge in [-0.15, -0.1) is 0 Å². The zero-order valence-corrected chi connectivity index (χ0v) is 23.0. The Balaban J connectivity index is 2.04. The highest BCUT2D eigenvalue weighted by Gasteiger charge is 2.32. The molecule has 2 amide bonds. The number of halogens is 1. The van der Waals surface area contributed by atoms with Gasteiger partial charge in [0.05, 0.1) is 10.6 Å². The molecule has 3 rings (SSSR count). The van der Waals surface area contributed by atoms with E-state index in [2.05, 4.69) is 5.32 Å². The van der Waals surface area contributed by atoms with Crippen LogP contribution in [-0.2, 0) is 26.2 Å². The van der Waals surface area contributed by atoms with Crippen LogP contribution in [0.2, 0.25) is 5.02 Å². The van der Waals surface area contributed by atoms with Crippen LogP contribution < -0.4 is 9.62 Å². The predicted molar refractivity (Wildman–Crippen MR) is 147 cm³/mol. The van der Waals surface area contributed by atoms with Crippen molar-refractivity contribution in [2.45, 2.75) is 45.2 Å². The third-order valence-corrected chi connectivity index (χ3v) is 8.20. The largest absolute Gasteiger partial charge is 0.355 e. The molecule has 0 aliphatic heterocycles. The number of amides is 2. The summed E-state index contributed by atoms with van der Waals surface area (Å²) in [6.45, 7) is 7.23. The van der Waals surface area contributed by atoms with E-state index in [1.807, 2.05) is 38.1 Å². The number of carbonyl (C=O) groups excluding carboxylic acids is 2. The minimum absolute atomic E-state index is 0.0431. The summed E-state index contributed by atoms with van der Waals surface area (Å²) < 4.78 is 28.5. The van der Waals surface area contributed by atoms with Crippen LogP contribution in [-0.4, -0.2) is 44.3 Å². The monoisotopic (exact) mass is 541 g/mol. The highest BCUT2D eigenvalue weighted by atomic mass is 35.5. The molecule has 0 fully saturated rings. The van der Waals surface area contributed by atoms with Gasteiger partial charge in [0.15, 0.2) is 0 Å². The number of nitrogens with one attached hydrogen (secondary N) is 1. The van der Waals surface area contributed by atoms with Crippen molar-refractivity contribution in [2.24, 2.45) is 0 Å². The van der Waals surface area contributed by atoms with Crippen LogP contribution in [0.1, 0.15) is 30.5 Å². The van der Waals surface area contributed by atoms with Crippen LogP contribution in [0.4, 0.5) is 5.69 Å². The van der Waals surface area contributed by atoms with Crippen molar-refractivity contribution in [1.82, 2.24) is 10.2 Å². The molecule has 3 aromatic rings. The van der Waals surface area contributed by atoms with Crippen LogP contribution in [0.3, 0.4) is 0 Å². The van der Waals surface area contributed by atoms with Crippen LogP contribution in [0.25, 0.3) is 0 Å². The van der Waals surface area contributed by atoms with Gasteiger partial charge in [-0.25, -0.2) is 8.42 Å². The van der Waals surface area contributed by atoms with Crippen molar-refractivity contribution in [3.8, 4) is 0 Å². The second-order valence-corrected chi connectivity index (χ2v) is 11.1. The molecule has 0 saturated heterocycles. The molecule has 0 aliphatic carbocycles. The van der Waals surface area contributed by atoms with E-state index in [9.17, 15) is 18.0 Å². The number of nitrogens with zero attached hydrogens (tertiary/aromatic N) is 2. The van der Waals surface area contributed by atoms with Crippen molar-refractivity contribution in [3.63, 3.8) is 0 Å². The van der Waals surface area contributed by atoms with Gasteiger partial charge >= 0.3 is 0 Å². The van der Waals surface area contributed by atoms with Gasteiger partial charge < -0.3 is 10.2 Å². The Kier molecular flexibility index (Phi) is 9.34. The molecule has 1 N–H and O–H groups in total. The standard InChI is InChI=1S/C28H32ClN3O4S/c1-5-30-28(34)22(4)31(18-23-11-9-10-20(2)16-23)27(33)19-32(24-15-14-21(3)26(29)17-24)37(35,36)25-12-7-6-8-13-25/h6-17,22H,5,18-19H2,1-4H3,(H,30,34). The van der Waals surface area contributed by atoms with E-state index >= 15 is 0 Å². The molecular weight excluding hydrogens is 510 g/mol. The number of sulfonamides is 1. The minimum atomic E-state index is -4.12. The van der Waals surface area contributed by atoms with E-state index in [4.69, 9.17) is 11.6 Å². The van der Waals surface area contributed by atoms with Crippen LogP contribution in [0, 0.1) is 13.8 Å². The number of hydrogen-bond donors (Lipinski definition) is 1. The second-order valence-electron chi connectivity index (χ2n) is 8.84. The number of carbonyl (C=O) groups is 2. The summed E-state index contributed by atoms with van der Waals surface area (Å²) in [5, 5.41) is 3.13. The first-order valence-electron chi connectivity index (χ1n) is 12.0. The molecule has 0 radical (unpaired) electrons. The first-order chi connectivity index (χ1) is 17.5. The Hall–Kier alpha value is -3.36. The molecule has 0 bridgehead atoms. The lowest BCUT2D eigenvalue weighted by atomic mass is 10.1. The van der Waals surface area contributed by atoms with Gasteiger partial charge in [0.2, 0.25) is 11.8 Å². The molecule has 0 aromatic heterocycles. The fourth-order valence-corrected chi connectivity index (χ4v) is 5.50. The van der Waals surface area contributed by atoms with E-state index in [-0.39, 0.29) is 23.0 Å². The minimum Gasteiger partial charge on any atom is -0.355 e. The van der Waals surface area contributed by atoms with E-state index in [1.54, 1.807) is 44.2 Å². The molecular formula is C28H32ClN3O4S.